The molecule has 0 radical (unpaired) electrons. The standard InChI is InChI=1S/C26H28N4O4/c31-26(32)20-7-5-12-25(27-20)29-17-15-28(16-18-29)13-6-14-30-21-8-1-3-10-23(21)33-19-34-24-11-4-2-9-22(24)30/h1-5,7-12H,6,13-19H2,(H,31,32). The number of piperazine rings is 1. The Morgan fingerprint density at radius 3 is 2.12 bits per heavy atom. The van der Waals surface area contributed by atoms with Crippen molar-refractivity contribution in [2.45, 2.75) is 6.42 Å². The van der Waals surface area contributed by atoms with E-state index < -0.39 is 5.97 Å². The quantitative estimate of drug-likeness (QED) is 0.594. The number of aromatic nitrogens is 1. The second-order valence-corrected chi connectivity index (χ2v) is 8.36. The molecule has 2 aliphatic rings. The van der Waals surface area contributed by atoms with E-state index in [4.69, 9.17) is 9.47 Å². The number of nitrogens with zero attached hydrogens (tertiary/aromatic N) is 4. The van der Waals surface area contributed by atoms with Crippen LogP contribution in [0.1, 0.15) is 16.9 Å². The van der Waals surface area contributed by atoms with Crippen LogP contribution in [0.15, 0.2) is 66.7 Å². The number of fused-ring (bicyclic) bond motifs is 2. The maximum absolute atomic E-state index is 11.2. The molecule has 0 bridgehead atoms. The predicted octanol–water partition coefficient (Wildman–Crippen LogP) is 3.86. The van der Waals surface area contributed by atoms with E-state index >= 15 is 0 Å². The molecular formula is C26H28N4O4. The summed E-state index contributed by atoms with van der Waals surface area (Å²) in [6.45, 7) is 5.48. The number of para-hydroxylation sites is 4. The number of carbonyl (C=O) groups is 1. The lowest BCUT2D eigenvalue weighted by Gasteiger charge is -2.36. The van der Waals surface area contributed by atoms with Crippen LogP contribution >= 0.6 is 0 Å². The first kappa shape index (κ1) is 22.0. The summed E-state index contributed by atoms with van der Waals surface area (Å²) in [5, 5.41) is 9.20. The predicted molar refractivity (Wildman–Crippen MR) is 130 cm³/mol. The summed E-state index contributed by atoms with van der Waals surface area (Å²) in [7, 11) is 0. The summed E-state index contributed by atoms with van der Waals surface area (Å²) in [4.78, 5) is 22.4. The van der Waals surface area contributed by atoms with Crippen molar-refractivity contribution in [1.29, 1.82) is 0 Å². The zero-order valence-corrected chi connectivity index (χ0v) is 19.0. The van der Waals surface area contributed by atoms with Gasteiger partial charge in [-0.25, -0.2) is 9.78 Å². The molecule has 3 heterocycles. The minimum Gasteiger partial charge on any atom is -0.477 e. The van der Waals surface area contributed by atoms with E-state index in [1.807, 2.05) is 42.5 Å². The van der Waals surface area contributed by atoms with Crippen LogP contribution < -0.4 is 19.3 Å². The van der Waals surface area contributed by atoms with E-state index in [0.29, 0.717) is 0 Å². The molecule has 2 aliphatic heterocycles. The third-order valence-corrected chi connectivity index (χ3v) is 6.25. The molecule has 0 spiro atoms. The second-order valence-electron chi connectivity index (χ2n) is 8.36. The zero-order chi connectivity index (χ0) is 23.3. The van der Waals surface area contributed by atoms with E-state index in [2.05, 4.69) is 31.8 Å². The Labute approximate surface area is 199 Å². The summed E-state index contributed by atoms with van der Waals surface area (Å²) in [5.41, 5.74) is 2.18. The number of carboxylic acids is 1. The Hall–Kier alpha value is -3.78. The van der Waals surface area contributed by atoms with Crippen LogP contribution in [0.2, 0.25) is 0 Å². The summed E-state index contributed by atoms with van der Waals surface area (Å²) in [5.74, 6) is 1.38. The normalized spacial score (nSPS) is 15.9. The monoisotopic (exact) mass is 460 g/mol. The zero-order valence-electron chi connectivity index (χ0n) is 19.0. The molecule has 0 saturated carbocycles. The molecule has 5 rings (SSSR count). The first-order chi connectivity index (χ1) is 16.7. The van der Waals surface area contributed by atoms with Crippen molar-refractivity contribution in [1.82, 2.24) is 9.88 Å². The fourth-order valence-corrected chi connectivity index (χ4v) is 4.50. The molecule has 1 aromatic heterocycles. The molecule has 1 N–H and O–H groups in total. The fraction of sp³-hybridized carbons (Fsp3) is 0.308. The topological polar surface area (TPSA) is 78.4 Å². The van der Waals surface area contributed by atoms with Gasteiger partial charge in [-0.15, -0.1) is 0 Å². The molecule has 0 amide bonds. The van der Waals surface area contributed by atoms with Crippen LogP contribution in [0, 0.1) is 0 Å². The Morgan fingerprint density at radius 1 is 0.824 bits per heavy atom. The highest BCUT2D eigenvalue weighted by molar-refractivity contribution is 5.85. The second kappa shape index (κ2) is 10.0. The average molecular weight is 461 g/mol. The van der Waals surface area contributed by atoms with E-state index in [9.17, 15) is 9.90 Å². The van der Waals surface area contributed by atoms with Crippen molar-refractivity contribution in [2.75, 3.05) is 55.9 Å². The van der Waals surface area contributed by atoms with E-state index in [-0.39, 0.29) is 12.5 Å². The summed E-state index contributed by atoms with van der Waals surface area (Å²) in [6.07, 6.45) is 0.982. The molecule has 1 fully saturated rings. The Bertz CT molecular complexity index is 1100. The van der Waals surface area contributed by atoms with E-state index in [1.54, 1.807) is 6.07 Å². The number of benzene rings is 2. The fourth-order valence-electron chi connectivity index (χ4n) is 4.50. The van der Waals surface area contributed by atoms with Crippen LogP contribution in [-0.4, -0.2) is 67.0 Å². The molecule has 176 valence electrons. The van der Waals surface area contributed by atoms with Gasteiger partial charge in [-0.05, 0) is 49.4 Å². The van der Waals surface area contributed by atoms with Crippen molar-refractivity contribution in [3.05, 3.63) is 72.4 Å². The lowest BCUT2D eigenvalue weighted by Crippen LogP contribution is -2.47. The van der Waals surface area contributed by atoms with Crippen molar-refractivity contribution in [3.8, 4) is 11.5 Å². The van der Waals surface area contributed by atoms with Crippen LogP contribution in [0.5, 0.6) is 11.5 Å². The number of rotatable bonds is 6. The molecule has 8 nitrogen and oxygen atoms in total. The number of hydrogen-bond donors (Lipinski definition) is 1. The number of carboxylic acid groups (broad SMARTS) is 1. The number of anilines is 3. The number of pyridine rings is 1. The Morgan fingerprint density at radius 2 is 1.47 bits per heavy atom. The lowest BCUT2D eigenvalue weighted by atomic mass is 10.2. The summed E-state index contributed by atoms with van der Waals surface area (Å²) >= 11 is 0. The van der Waals surface area contributed by atoms with Crippen LogP contribution in [0.3, 0.4) is 0 Å². The van der Waals surface area contributed by atoms with Gasteiger partial charge in [0.25, 0.3) is 0 Å². The Kier molecular flexibility index (Phi) is 6.49. The molecule has 1 saturated heterocycles. The minimum absolute atomic E-state index is 0.0849. The van der Waals surface area contributed by atoms with Gasteiger partial charge < -0.3 is 24.4 Å². The van der Waals surface area contributed by atoms with Crippen molar-refractivity contribution >= 4 is 23.2 Å². The molecule has 2 aromatic carbocycles. The van der Waals surface area contributed by atoms with Gasteiger partial charge in [0.1, 0.15) is 17.3 Å². The van der Waals surface area contributed by atoms with Crippen LogP contribution in [-0.2, 0) is 0 Å². The van der Waals surface area contributed by atoms with Gasteiger partial charge >= 0.3 is 5.97 Å². The van der Waals surface area contributed by atoms with Gasteiger partial charge in [0.05, 0.1) is 11.4 Å². The maximum atomic E-state index is 11.2. The largest absolute Gasteiger partial charge is 0.477 e. The number of hydrogen-bond acceptors (Lipinski definition) is 7. The Balaban J connectivity index is 1.21. The third kappa shape index (κ3) is 4.77. The van der Waals surface area contributed by atoms with Gasteiger partial charge in [0.2, 0.25) is 6.79 Å². The maximum Gasteiger partial charge on any atom is 0.354 e. The first-order valence-electron chi connectivity index (χ1n) is 11.6. The highest BCUT2D eigenvalue weighted by atomic mass is 16.7. The van der Waals surface area contributed by atoms with Crippen molar-refractivity contribution in [2.24, 2.45) is 0 Å². The summed E-state index contributed by atoms with van der Waals surface area (Å²) in [6, 6.07) is 21.3. The van der Waals surface area contributed by atoms with Crippen LogP contribution in [0.4, 0.5) is 17.2 Å². The first-order valence-corrected chi connectivity index (χ1v) is 11.6. The van der Waals surface area contributed by atoms with Crippen LogP contribution in [0.25, 0.3) is 0 Å². The van der Waals surface area contributed by atoms with Gasteiger partial charge in [0, 0.05) is 32.7 Å². The van der Waals surface area contributed by atoms with Crippen molar-refractivity contribution < 1.29 is 19.4 Å². The number of aromatic carboxylic acids is 1. The molecule has 0 aliphatic carbocycles. The molecule has 8 heteroatoms. The molecule has 34 heavy (non-hydrogen) atoms. The summed E-state index contributed by atoms with van der Waals surface area (Å²) < 4.78 is 11.7. The highest BCUT2D eigenvalue weighted by Gasteiger charge is 2.22. The lowest BCUT2D eigenvalue weighted by molar-refractivity contribution is 0.0690. The smallest absolute Gasteiger partial charge is 0.354 e. The van der Waals surface area contributed by atoms with E-state index in [0.717, 1.165) is 74.4 Å². The molecule has 0 atom stereocenters. The highest BCUT2D eigenvalue weighted by Crippen LogP contribution is 2.40. The average Bonchev–Trinajstić information content (AvgIpc) is 2.87. The number of ether oxygens (including phenoxy) is 2. The van der Waals surface area contributed by atoms with E-state index in [1.165, 1.54) is 6.07 Å². The van der Waals surface area contributed by atoms with Gasteiger partial charge in [-0.1, -0.05) is 30.3 Å². The van der Waals surface area contributed by atoms with Gasteiger partial charge in [-0.3, -0.25) is 4.90 Å². The van der Waals surface area contributed by atoms with Gasteiger partial charge in [-0.2, -0.15) is 0 Å². The minimum atomic E-state index is -0.997. The molecule has 3 aromatic rings. The molecular weight excluding hydrogens is 432 g/mol. The van der Waals surface area contributed by atoms with Gasteiger partial charge in [0.15, 0.2) is 5.69 Å². The third-order valence-electron chi connectivity index (χ3n) is 6.25. The SMILES string of the molecule is O=C(O)c1cccc(N2CCN(CCCN3c4ccccc4OCOc4ccccc43)CC2)n1. The van der Waals surface area contributed by atoms with Crippen molar-refractivity contribution in [3.63, 3.8) is 0 Å². The molecule has 0 unspecified atom stereocenters.